The third kappa shape index (κ3) is 3.53. The SMILES string of the molecule is CCN(Cc1ccncc1)CC1(CC(=N)N)CC1. The zero-order valence-corrected chi connectivity index (χ0v) is 11.0. The van der Waals surface area contributed by atoms with Gasteiger partial charge in [0.05, 0.1) is 5.84 Å². The van der Waals surface area contributed by atoms with E-state index in [0.717, 1.165) is 26.1 Å². The Labute approximate surface area is 109 Å². The van der Waals surface area contributed by atoms with Gasteiger partial charge in [-0.25, -0.2) is 0 Å². The van der Waals surface area contributed by atoms with Crippen LogP contribution in [0.15, 0.2) is 24.5 Å². The lowest BCUT2D eigenvalue weighted by Crippen LogP contribution is -2.32. The van der Waals surface area contributed by atoms with Gasteiger partial charge >= 0.3 is 0 Å². The van der Waals surface area contributed by atoms with Crippen LogP contribution in [0.5, 0.6) is 0 Å². The number of nitrogens with one attached hydrogen (secondary N) is 1. The standard InChI is InChI=1S/C14H22N4/c1-2-18(10-12-3-7-17-8-4-12)11-14(5-6-14)9-13(15)16/h3-4,7-8H,2,5-6,9-11H2,1H3,(H3,15,16). The summed E-state index contributed by atoms with van der Waals surface area (Å²) in [6, 6.07) is 4.13. The van der Waals surface area contributed by atoms with Crippen molar-refractivity contribution in [1.29, 1.82) is 5.41 Å². The van der Waals surface area contributed by atoms with E-state index in [4.69, 9.17) is 11.1 Å². The van der Waals surface area contributed by atoms with E-state index in [9.17, 15) is 0 Å². The van der Waals surface area contributed by atoms with Crippen molar-refractivity contribution in [3.63, 3.8) is 0 Å². The van der Waals surface area contributed by atoms with Gasteiger partial charge in [-0.15, -0.1) is 0 Å². The second-order valence-corrected chi connectivity index (χ2v) is 5.36. The maximum Gasteiger partial charge on any atom is 0.0911 e. The van der Waals surface area contributed by atoms with Gasteiger partial charge in [-0.1, -0.05) is 6.92 Å². The first kappa shape index (κ1) is 13.0. The van der Waals surface area contributed by atoms with Crippen molar-refractivity contribution < 1.29 is 0 Å². The van der Waals surface area contributed by atoms with Crippen molar-refractivity contribution in [2.24, 2.45) is 11.1 Å². The summed E-state index contributed by atoms with van der Waals surface area (Å²) in [7, 11) is 0. The lowest BCUT2D eigenvalue weighted by molar-refractivity contribution is 0.224. The first-order chi connectivity index (χ1) is 8.63. The van der Waals surface area contributed by atoms with Gasteiger partial charge in [0, 0.05) is 31.9 Å². The minimum atomic E-state index is 0.287. The Balaban J connectivity index is 1.92. The van der Waals surface area contributed by atoms with Crippen LogP contribution in [0.3, 0.4) is 0 Å². The number of rotatable bonds is 7. The second kappa shape index (κ2) is 5.48. The van der Waals surface area contributed by atoms with Crippen molar-refractivity contribution in [1.82, 2.24) is 9.88 Å². The Hall–Kier alpha value is -1.42. The molecule has 1 aromatic rings. The summed E-state index contributed by atoms with van der Waals surface area (Å²) in [6.07, 6.45) is 6.84. The first-order valence-electron chi connectivity index (χ1n) is 6.58. The Morgan fingerprint density at radius 1 is 1.44 bits per heavy atom. The van der Waals surface area contributed by atoms with E-state index in [1.165, 1.54) is 18.4 Å². The largest absolute Gasteiger partial charge is 0.388 e. The molecule has 0 amide bonds. The molecule has 0 saturated heterocycles. The third-order valence-corrected chi connectivity index (χ3v) is 3.68. The molecule has 0 unspecified atom stereocenters. The summed E-state index contributed by atoms with van der Waals surface area (Å²) < 4.78 is 0. The van der Waals surface area contributed by atoms with Crippen LogP contribution >= 0.6 is 0 Å². The van der Waals surface area contributed by atoms with E-state index in [1.54, 1.807) is 0 Å². The van der Waals surface area contributed by atoms with Gasteiger partial charge in [0.15, 0.2) is 0 Å². The molecule has 0 radical (unpaired) electrons. The van der Waals surface area contributed by atoms with Gasteiger partial charge in [-0.2, -0.15) is 0 Å². The van der Waals surface area contributed by atoms with E-state index in [2.05, 4.69) is 28.9 Å². The highest BCUT2D eigenvalue weighted by atomic mass is 15.1. The molecular weight excluding hydrogens is 224 g/mol. The van der Waals surface area contributed by atoms with Crippen molar-refractivity contribution >= 4 is 5.84 Å². The molecule has 0 aromatic carbocycles. The molecule has 3 N–H and O–H groups in total. The highest BCUT2D eigenvalue weighted by molar-refractivity contribution is 5.78. The summed E-state index contributed by atoms with van der Waals surface area (Å²) in [5.74, 6) is 0.326. The highest BCUT2D eigenvalue weighted by Crippen LogP contribution is 2.49. The molecule has 98 valence electrons. The molecule has 0 aliphatic heterocycles. The number of nitrogens with two attached hydrogens (primary N) is 1. The Morgan fingerprint density at radius 3 is 2.61 bits per heavy atom. The molecule has 1 aliphatic carbocycles. The molecule has 2 rings (SSSR count). The minimum Gasteiger partial charge on any atom is -0.388 e. The molecule has 0 spiro atoms. The van der Waals surface area contributed by atoms with Gasteiger partial charge < -0.3 is 5.73 Å². The van der Waals surface area contributed by atoms with E-state index in [1.807, 2.05) is 12.4 Å². The summed E-state index contributed by atoms with van der Waals surface area (Å²) in [5.41, 5.74) is 7.13. The lowest BCUT2D eigenvalue weighted by atomic mass is 10.0. The van der Waals surface area contributed by atoms with E-state index < -0.39 is 0 Å². The predicted molar refractivity (Wildman–Crippen MR) is 73.4 cm³/mol. The molecule has 4 nitrogen and oxygen atoms in total. The number of nitrogens with zero attached hydrogens (tertiary/aromatic N) is 2. The van der Waals surface area contributed by atoms with Crippen LogP contribution < -0.4 is 5.73 Å². The fourth-order valence-electron chi connectivity index (χ4n) is 2.47. The van der Waals surface area contributed by atoms with E-state index in [-0.39, 0.29) is 5.41 Å². The zero-order valence-electron chi connectivity index (χ0n) is 11.0. The average Bonchev–Trinajstić information content (AvgIpc) is 3.08. The van der Waals surface area contributed by atoms with Crippen molar-refractivity contribution in [2.45, 2.75) is 32.7 Å². The monoisotopic (exact) mass is 246 g/mol. The summed E-state index contributed by atoms with van der Waals surface area (Å²) in [4.78, 5) is 6.48. The summed E-state index contributed by atoms with van der Waals surface area (Å²) in [6.45, 7) is 5.22. The molecule has 18 heavy (non-hydrogen) atoms. The van der Waals surface area contributed by atoms with E-state index in [0.29, 0.717) is 5.84 Å². The molecule has 1 fully saturated rings. The van der Waals surface area contributed by atoms with Crippen LogP contribution in [-0.4, -0.2) is 28.8 Å². The highest BCUT2D eigenvalue weighted by Gasteiger charge is 2.43. The van der Waals surface area contributed by atoms with Gasteiger partial charge in [0.2, 0.25) is 0 Å². The maximum absolute atomic E-state index is 7.46. The van der Waals surface area contributed by atoms with Crippen LogP contribution in [-0.2, 0) is 6.54 Å². The van der Waals surface area contributed by atoms with Gasteiger partial charge in [0.1, 0.15) is 0 Å². The molecule has 0 bridgehead atoms. The second-order valence-electron chi connectivity index (χ2n) is 5.36. The van der Waals surface area contributed by atoms with Crippen LogP contribution in [0.25, 0.3) is 0 Å². The van der Waals surface area contributed by atoms with Crippen LogP contribution in [0.1, 0.15) is 31.7 Å². The number of hydrogen-bond donors (Lipinski definition) is 2. The zero-order chi connectivity index (χ0) is 13.0. The average molecular weight is 246 g/mol. The quantitative estimate of drug-likeness (QED) is 0.571. The third-order valence-electron chi connectivity index (χ3n) is 3.68. The molecule has 4 heteroatoms. The molecule has 1 aromatic heterocycles. The molecule has 1 saturated carbocycles. The lowest BCUT2D eigenvalue weighted by Gasteiger charge is -2.26. The summed E-state index contributed by atoms with van der Waals surface area (Å²) >= 11 is 0. The van der Waals surface area contributed by atoms with E-state index >= 15 is 0 Å². The van der Waals surface area contributed by atoms with Crippen LogP contribution in [0.2, 0.25) is 0 Å². The molecular formula is C14H22N4. The number of aromatic nitrogens is 1. The number of amidine groups is 1. The Bertz CT molecular complexity index is 398. The van der Waals surface area contributed by atoms with Crippen LogP contribution in [0.4, 0.5) is 0 Å². The first-order valence-corrected chi connectivity index (χ1v) is 6.58. The maximum atomic E-state index is 7.46. The predicted octanol–water partition coefficient (Wildman–Crippen LogP) is 2.01. The normalized spacial score (nSPS) is 16.8. The minimum absolute atomic E-state index is 0.287. The number of pyridine rings is 1. The summed E-state index contributed by atoms with van der Waals surface area (Å²) in [5, 5.41) is 7.46. The fraction of sp³-hybridized carbons (Fsp3) is 0.571. The fourth-order valence-corrected chi connectivity index (χ4v) is 2.47. The Morgan fingerprint density at radius 2 is 2.11 bits per heavy atom. The van der Waals surface area contributed by atoms with Gasteiger partial charge in [0.25, 0.3) is 0 Å². The Kier molecular flexibility index (Phi) is 3.97. The van der Waals surface area contributed by atoms with Gasteiger partial charge in [-0.3, -0.25) is 15.3 Å². The van der Waals surface area contributed by atoms with Crippen LogP contribution in [0, 0.1) is 10.8 Å². The van der Waals surface area contributed by atoms with Crippen molar-refractivity contribution in [3.8, 4) is 0 Å². The molecule has 0 atom stereocenters. The van der Waals surface area contributed by atoms with Crippen molar-refractivity contribution in [3.05, 3.63) is 30.1 Å². The topological polar surface area (TPSA) is 66.0 Å². The molecule has 1 aliphatic rings. The van der Waals surface area contributed by atoms with Gasteiger partial charge in [-0.05, 0) is 42.5 Å². The van der Waals surface area contributed by atoms with Crippen molar-refractivity contribution in [2.75, 3.05) is 13.1 Å². The number of hydrogen-bond acceptors (Lipinski definition) is 3. The smallest absolute Gasteiger partial charge is 0.0911 e. The molecule has 1 heterocycles.